The quantitative estimate of drug-likeness (QED) is 0.0840. The molecule has 1 unspecified atom stereocenters. The van der Waals surface area contributed by atoms with Gasteiger partial charge in [0, 0.05) is 56.2 Å². The van der Waals surface area contributed by atoms with Crippen LogP contribution >= 0.6 is 7.82 Å². The molecule has 3 aromatic carbocycles. The predicted octanol–water partition coefficient (Wildman–Crippen LogP) is 2.25. The molecule has 2 fully saturated rings. The Labute approximate surface area is 361 Å². The molecule has 0 bridgehead atoms. The van der Waals surface area contributed by atoms with Crippen molar-refractivity contribution in [1.29, 1.82) is 0 Å². The second kappa shape index (κ2) is 18.8. The molecule has 2 N–H and O–H groups in total. The van der Waals surface area contributed by atoms with Crippen molar-refractivity contribution in [2.75, 3.05) is 19.6 Å². The van der Waals surface area contributed by atoms with Crippen LogP contribution in [0.3, 0.4) is 0 Å². The summed E-state index contributed by atoms with van der Waals surface area (Å²) in [5, 5.41) is 6.94. The summed E-state index contributed by atoms with van der Waals surface area (Å²) in [7, 11) is -5.05. The smallest absolute Gasteiger partial charge is 0.746 e. The normalized spacial score (nSPS) is 18.3. The number of ketones is 1. The molecule has 58 heavy (non-hydrogen) atoms. The standard InChI is InChI=1S/C42H51N6O8P.Na/c1-6-20-44-26-34(36(49)23-42(3,4)5)33-15-11-14-31(39(33)44)25-45-27-37-47(35(40(45)51)22-29-16-18-32(19-17-29)56-57(53,54)55)38(50)28-46(21-7-2)48(37)41(52)43-24-30-12-9-8-10-13-30;/h7-19,26,35,37H,2,6,20-25,27-28H2,1,3-5H3,(H,43,52)(H2,53,54,55);/q;+1/p-1/t35-,37-;/m0./s1. The molecule has 6 rings (SSSR count). The fraction of sp³-hybridized carbons (Fsp3) is 0.381. The molecule has 2 aliphatic heterocycles. The van der Waals surface area contributed by atoms with Gasteiger partial charge in [-0.25, -0.2) is 14.8 Å². The molecule has 4 amide bonds. The van der Waals surface area contributed by atoms with Crippen LogP contribution in [-0.2, 0) is 40.2 Å². The number of Topliss-reactive ketones (excluding diaryl/α,β-unsaturated/α-hetero) is 1. The first-order valence-electron chi connectivity index (χ1n) is 19.1. The van der Waals surface area contributed by atoms with Crippen LogP contribution in [0.4, 0.5) is 4.79 Å². The Morgan fingerprint density at radius 1 is 1.03 bits per heavy atom. The van der Waals surface area contributed by atoms with Gasteiger partial charge in [-0.1, -0.05) is 94.4 Å². The van der Waals surface area contributed by atoms with Crippen LogP contribution in [-0.4, -0.2) is 84.7 Å². The Bertz CT molecular complexity index is 2180. The molecule has 0 aliphatic carbocycles. The van der Waals surface area contributed by atoms with Crippen LogP contribution in [0, 0.1) is 5.41 Å². The van der Waals surface area contributed by atoms with Crippen LogP contribution in [0.1, 0.15) is 67.6 Å². The van der Waals surface area contributed by atoms with Crippen LogP contribution < -0.4 is 44.3 Å². The average Bonchev–Trinajstić information content (AvgIpc) is 3.52. The first-order valence-corrected chi connectivity index (χ1v) is 20.6. The number of hydrazine groups is 1. The number of fused-ring (bicyclic) bond motifs is 2. The number of urea groups is 1. The van der Waals surface area contributed by atoms with E-state index in [4.69, 9.17) is 0 Å². The molecule has 4 aromatic rings. The summed E-state index contributed by atoms with van der Waals surface area (Å²) in [6.45, 7) is 13.0. The second-order valence-electron chi connectivity index (χ2n) is 15.8. The van der Waals surface area contributed by atoms with E-state index in [1.165, 1.54) is 22.0 Å². The minimum absolute atomic E-state index is 0. The predicted molar refractivity (Wildman–Crippen MR) is 213 cm³/mol. The minimum atomic E-state index is -5.05. The number of para-hydroxylation sites is 1. The largest absolute Gasteiger partial charge is 1.00 e. The fourth-order valence-corrected chi connectivity index (χ4v) is 8.12. The van der Waals surface area contributed by atoms with E-state index in [-0.39, 0.29) is 97.5 Å². The van der Waals surface area contributed by atoms with Crippen molar-refractivity contribution < 1.29 is 67.6 Å². The number of rotatable bonds is 14. The van der Waals surface area contributed by atoms with Gasteiger partial charge in [0.1, 0.15) is 18.0 Å². The van der Waals surface area contributed by atoms with E-state index in [9.17, 15) is 33.5 Å². The molecular weight excluding hydrogens is 770 g/mol. The zero-order valence-corrected chi connectivity index (χ0v) is 36.7. The molecule has 16 heteroatoms. The zero-order valence-electron chi connectivity index (χ0n) is 33.8. The summed E-state index contributed by atoms with van der Waals surface area (Å²) in [5.74, 6) is -0.762. The number of aryl methyl sites for hydroxylation is 1. The van der Waals surface area contributed by atoms with Gasteiger partial charge in [0.25, 0.3) is 0 Å². The van der Waals surface area contributed by atoms with Crippen molar-refractivity contribution in [3.05, 3.63) is 114 Å². The van der Waals surface area contributed by atoms with Crippen molar-refractivity contribution in [3.63, 3.8) is 0 Å². The van der Waals surface area contributed by atoms with Gasteiger partial charge in [-0.2, -0.15) is 0 Å². The Kier molecular flexibility index (Phi) is 14.5. The Morgan fingerprint density at radius 2 is 1.74 bits per heavy atom. The third kappa shape index (κ3) is 10.5. The van der Waals surface area contributed by atoms with Crippen molar-refractivity contribution >= 4 is 42.4 Å². The average molecular weight is 821 g/mol. The number of nitrogens with one attached hydrogen (secondary N) is 1. The number of hydrogen-bond donors (Lipinski definition) is 2. The number of carbonyl (C=O) groups excluding carboxylic acids is 4. The maximum absolute atomic E-state index is 14.8. The number of amides is 4. The van der Waals surface area contributed by atoms with Crippen LogP contribution in [0.2, 0.25) is 0 Å². The van der Waals surface area contributed by atoms with E-state index >= 15 is 0 Å². The molecule has 302 valence electrons. The first-order chi connectivity index (χ1) is 27.1. The Morgan fingerprint density at radius 3 is 2.38 bits per heavy atom. The van der Waals surface area contributed by atoms with E-state index in [2.05, 4.69) is 27.9 Å². The van der Waals surface area contributed by atoms with E-state index in [1.54, 1.807) is 28.1 Å². The summed E-state index contributed by atoms with van der Waals surface area (Å²) in [6, 6.07) is 19.5. The number of hydrogen-bond acceptors (Lipinski definition) is 8. The summed E-state index contributed by atoms with van der Waals surface area (Å²) >= 11 is 0. The van der Waals surface area contributed by atoms with Gasteiger partial charge in [-0.15, -0.1) is 6.58 Å². The molecular formula is C42H50N6NaO8P. The van der Waals surface area contributed by atoms with Gasteiger partial charge in [-0.05, 0) is 40.7 Å². The van der Waals surface area contributed by atoms with Gasteiger partial charge in [0.15, 0.2) is 5.78 Å². The third-order valence-electron chi connectivity index (χ3n) is 10.0. The number of phosphoric ester groups is 1. The van der Waals surface area contributed by atoms with E-state index < -0.39 is 26.1 Å². The van der Waals surface area contributed by atoms with Gasteiger partial charge in [0.2, 0.25) is 11.8 Å². The number of carbonyl (C=O) groups is 4. The number of benzene rings is 3. The zero-order chi connectivity index (χ0) is 41.1. The van der Waals surface area contributed by atoms with Gasteiger partial charge in [-0.3, -0.25) is 18.9 Å². The maximum atomic E-state index is 14.8. The summed E-state index contributed by atoms with van der Waals surface area (Å²) in [5.41, 5.74) is 3.55. The third-order valence-corrected chi connectivity index (χ3v) is 10.5. The topological polar surface area (TPSA) is 168 Å². The monoisotopic (exact) mass is 820 g/mol. The van der Waals surface area contributed by atoms with Crippen molar-refractivity contribution in [3.8, 4) is 5.75 Å². The molecule has 0 spiro atoms. The van der Waals surface area contributed by atoms with Gasteiger partial charge in [0.05, 0.1) is 18.6 Å². The van der Waals surface area contributed by atoms with Crippen molar-refractivity contribution in [2.45, 2.75) is 78.8 Å². The Hall–Kier alpha value is -4.27. The number of phosphoric acid groups is 1. The Balaban J connectivity index is 0.00000641. The first kappa shape index (κ1) is 44.8. The van der Waals surface area contributed by atoms with Crippen molar-refractivity contribution in [1.82, 2.24) is 29.7 Å². The maximum Gasteiger partial charge on any atom is 1.00 e. The van der Waals surface area contributed by atoms with Gasteiger partial charge < -0.3 is 34.0 Å². The molecule has 3 heterocycles. The van der Waals surface area contributed by atoms with Gasteiger partial charge >= 0.3 is 43.4 Å². The summed E-state index contributed by atoms with van der Waals surface area (Å²) in [4.78, 5) is 80.4. The molecule has 2 aliphatic rings. The van der Waals surface area contributed by atoms with Crippen LogP contribution in [0.5, 0.6) is 5.75 Å². The molecule has 3 atom stereocenters. The molecule has 0 radical (unpaired) electrons. The number of aromatic nitrogens is 1. The second-order valence-corrected chi connectivity index (χ2v) is 16.9. The van der Waals surface area contributed by atoms with Crippen molar-refractivity contribution in [2.24, 2.45) is 5.41 Å². The SMILES string of the molecule is C=CCN1CC(=O)N2[C@@H](Cc3ccc(OP(=O)([O-])O)cc3)C(=O)N(Cc3cccc4c(C(=O)CC(C)(C)C)cn(CCC)c34)C[C@@H]2N1C(=O)NCc1ccccc1.[Na+]. The van der Waals surface area contributed by atoms with E-state index in [0.717, 1.165) is 28.5 Å². The summed E-state index contributed by atoms with van der Waals surface area (Å²) in [6.07, 6.45) is 3.84. The molecule has 0 saturated carbocycles. The van der Waals surface area contributed by atoms with Crippen LogP contribution in [0.25, 0.3) is 10.9 Å². The van der Waals surface area contributed by atoms with Crippen LogP contribution in [0.15, 0.2) is 91.6 Å². The van der Waals surface area contributed by atoms with E-state index in [0.29, 0.717) is 24.1 Å². The number of nitrogens with zero attached hydrogens (tertiary/aromatic N) is 5. The molecule has 14 nitrogen and oxygen atoms in total. The summed E-state index contributed by atoms with van der Waals surface area (Å²) < 4.78 is 18.0. The minimum Gasteiger partial charge on any atom is -0.746 e. The van der Waals surface area contributed by atoms with E-state index in [1.807, 2.05) is 75.5 Å². The molecule has 2 saturated heterocycles. The fourth-order valence-electron chi connectivity index (χ4n) is 7.73. The molecule has 1 aromatic heterocycles. The number of piperazine rings is 1.